The third-order valence-corrected chi connectivity index (χ3v) is 6.13. The van der Waals surface area contributed by atoms with Crippen LogP contribution >= 0.6 is 11.3 Å². The predicted molar refractivity (Wildman–Crippen MR) is 105 cm³/mol. The molecule has 1 amide bonds. The Morgan fingerprint density at radius 1 is 1.27 bits per heavy atom. The average molecular weight is 372 g/mol. The van der Waals surface area contributed by atoms with Gasteiger partial charge in [-0.25, -0.2) is 4.79 Å². The maximum atomic E-state index is 12.5. The summed E-state index contributed by atoms with van der Waals surface area (Å²) < 4.78 is 5.41. The summed E-state index contributed by atoms with van der Waals surface area (Å²) in [5.74, 6) is -0.0741. The van der Waals surface area contributed by atoms with E-state index in [-0.39, 0.29) is 5.91 Å². The SMILES string of the molecule is Cc1cccc(C)c1NC(=O)[C@H](C)OC(=O)c1cc2c(s1)CC[C@H](C)C2. The van der Waals surface area contributed by atoms with Gasteiger partial charge < -0.3 is 10.1 Å². The molecule has 1 aromatic heterocycles. The fraction of sp³-hybridized carbons (Fsp3) is 0.429. The largest absolute Gasteiger partial charge is 0.448 e. The molecule has 2 aromatic rings. The quantitative estimate of drug-likeness (QED) is 0.795. The van der Waals surface area contributed by atoms with E-state index in [2.05, 4.69) is 12.2 Å². The molecule has 0 spiro atoms. The van der Waals surface area contributed by atoms with E-state index >= 15 is 0 Å². The predicted octanol–water partition coefficient (Wildman–Crippen LogP) is 4.67. The van der Waals surface area contributed by atoms with Crippen molar-refractivity contribution >= 4 is 28.9 Å². The maximum Gasteiger partial charge on any atom is 0.349 e. The number of nitrogens with one attached hydrogen (secondary N) is 1. The maximum absolute atomic E-state index is 12.5. The van der Waals surface area contributed by atoms with E-state index in [9.17, 15) is 9.59 Å². The van der Waals surface area contributed by atoms with Gasteiger partial charge in [0.2, 0.25) is 0 Å². The van der Waals surface area contributed by atoms with Crippen LogP contribution in [-0.4, -0.2) is 18.0 Å². The molecule has 2 atom stereocenters. The lowest BCUT2D eigenvalue weighted by molar-refractivity contribution is -0.123. The van der Waals surface area contributed by atoms with E-state index in [1.54, 1.807) is 6.92 Å². The van der Waals surface area contributed by atoms with Crippen molar-refractivity contribution in [3.05, 3.63) is 50.7 Å². The highest BCUT2D eigenvalue weighted by Crippen LogP contribution is 2.32. The number of carbonyl (C=O) groups is 2. The van der Waals surface area contributed by atoms with Crippen LogP contribution in [0, 0.1) is 19.8 Å². The Hall–Kier alpha value is -2.14. The number of hydrogen-bond donors (Lipinski definition) is 1. The van der Waals surface area contributed by atoms with E-state index in [1.807, 2.05) is 38.1 Å². The van der Waals surface area contributed by atoms with Gasteiger partial charge in [0.05, 0.1) is 0 Å². The number of amides is 1. The molecule has 26 heavy (non-hydrogen) atoms. The second kappa shape index (κ2) is 7.62. The van der Waals surface area contributed by atoms with Gasteiger partial charge in [-0.3, -0.25) is 4.79 Å². The molecule has 3 rings (SSSR count). The number of benzene rings is 1. The van der Waals surface area contributed by atoms with Crippen LogP contribution in [0.1, 0.15) is 51.5 Å². The molecule has 0 aliphatic heterocycles. The lowest BCUT2D eigenvalue weighted by Crippen LogP contribution is -2.30. The fourth-order valence-corrected chi connectivity index (χ4v) is 4.41. The van der Waals surface area contributed by atoms with Gasteiger partial charge in [-0.15, -0.1) is 11.3 Å². The highest BCUT2D eigenvalue weighted by Gasteiger charge is 2.24. The summed E-state index contributed by atoms with van der Waals surface area (Å²) in [5, 5.41) is 2.88. The Labute approximate surface area is 158 Å². The molecule has 0 unspecified atom stereocenters. The minimum atomic E-state index is -0.848. The van der Waals surface area contributed by atoms with Crippen molar-refractivity contribution in [2.45, 2.75) is 53.1 Å². The first-order chi connectivity index (χ1) is 12.3. The molecular weight excluding hydrogens is 346 g/mol. The van der Waals surface area contributed by atoms with Crippen molar-refractivity contribution in [3.8, 4) is 0 Å². The Morgan fingerprint density at radius 3 is 2.65 bits per heavy atom. The van der Waals surface area contributed by atoms with Crippen molar-refractivity contribution in [1.29, 1.82) is 0 Å². The van der Waals surface area contributed by atoms with E-state index in [4.69, 9.17) is 4.74 Å². The van der Waals surface area contributed by atoms with Crippen LogP contribution in [0.2, 0.25) is 0 Å². The van der Waals surface area contributed by atoms with Gasteiger partial charge in [-0.1, -0.05) is 25.1 Å². The molecule has 1 aromatic carbocycles. The molecule has 1 aliphatic rings. The minimum absolute atomic E-state index is 0.314. The number of para-hydroxylation sites is 1. The van der Waals surface area contributed by atoms with Gasteiger partial charge in [0, 0.05) is 10.6 Å². The Balaban J connectivity index is 1.65. The summed E-state index contributed by atoms with van der Waals surface area (Å²) in [7, 11) is 0. The molecule has 1 N–H and O–H groups in total. The first kappa shape index (κ1) is 18.6. The molecule has 4 nitrogen and oxygen atoms in total. The number of hydrogen-bond acceptors (Lipinski definition) is 4. The summed E-state index contributed by atoms with van der Waals surface area (Å²) in [5.41, 5.74) is 4.00. The number of carbonyl (C=O) groups excluding carboxylic acids is 2. The van der Waals surface area contributed by atoms with Crippen molar-refractivity contribution in [2.24, 2.45) is 5.92 Å². The third-order valence-electron chi connectivity index (χ3n) is 4.91. The van der Waals surface area contributed by atoms with E-state index < -0.39 is 12.1 Å². The molecule has 5 heteroatoms. The zero-order valence-corrected chi connectivity index (χ0v) is 16.5. The number of thiophene rings is 1. The highest BCUT2D eigenvalue weighted by atomic mass is 32.1. The van der Waals surface area contributed by atoms with Gasteiger partial charge >= 0.3 is 5.97 Å². The second-order valence-corrected chi connectivity index (χ2v) is 8.35. The van der Waals surface area contributed by atoms with Gasteiger partial charge in [0.25, 0.3) is 5.91 Å². The minimum Gasteiger partial charge on any atom is -0.448 e. The summed E-state index contributed by atoms with van der Waals surface area (Å²) in [4.78, 5) is 26.8. The number of aryl methyl sites for hydroxylation is 3. The fourth-order valence-electron chi connectivity index (χ4n) is 3.32. The van der Waals surface area contributed by atoms with Gasteiger partial charge in [0.15, 0.2) is 6.10 Å². The second-order valence-electron chi connectivity index (χ2n) is 7.21. The molecule has 1 aliphatic carbocycles. The highest BCUT2D eigenvalue weighted by molar-refractivity contribution is 7.14. The van der Waals surface area contributed by atoms with E-state index in [0.717, 1.165) is 36.1 Å². The lowest BCUT2D eigenvalue weighted by atomic mass is 9.90. The molecule has 0 saturated heterocycles. The van der Waals surface area contributed by atoms with Gasteiger partial charge in [-0.2, -0.15) is 0 Å². The number of rotatable bonds is 4. The van der Waals surface area contributed by atoms with Crippen LogP contribution in [0.5, 0.6) is 0 Å². The Kier molecular flexibility index (Phi) is 5.47. The lowest BCUT2D eigenvalue weighted by Gasteiger charge is -2.16. The monoisotopic (exact) mass is 371 g/mol. The number of esters is 1. The van der Waals surface area contributed by atoms with Gasteiger partial charge in [0.1, 0.15) is 4.88 Å². The topological polar surface area (TPSA) is 55.4 Å². The van der Waals surface area contributed by atoms with Crippen molar-refractivity contribution in [2.75, 3.05) is 5.32 Å². The Morgan fingerprint density at radius 2 is 1.96 bits per heavy atom. The van der Waals surface area contributed by atoms with Crippen LogP contribution in [0.15, 0.2) is 24.3 Å². The smallest absolute Gasteiger partial charge is 0.349 e. The average Bonchev–Trinajstić information content (AvgIpc) is 3.01. The number of anilines is 1. The van der Waals surface area contributed by atoms with Crippen LogP contribution in [-0.2, 0) is 22.4 Å². The zero-order chi connectivity index (χ0) is 18.8. The van der Waals surface area contributed by atoms with Crippen molar-refractivity contribution < 1.29 is 14.3 Å². The molecule has 138 valence electrons. The first-order valence-electron chi connectivity index (χ1n) is 9.04. The molecular formula is C21H25NO3S. The summed E-state index contributed by atoms with van der Waals surface area (Å²) in [6, 6.07) is 7.77. The number of fused-ring (bicyclic) bond motifs is 1. The molecule has 0 saturated carbocycles. The summed E-state index contributed by atoms with van der Waals surface area (Å²) in [6.45, 7) is 7.72. The third kappa shape index (κ3) is 3.98. The normalized spacial score (nSPS) is 17.3. The van der Waals surface area contributed by atoms with Crippen LogP contribution in [0.3, 0.4) is 0 Å². The van der Waals surface area contributed by atoms with Crippen LogP contribution in [0.4, 0.5) is 5.69 Å². The number of ether oxygens (including phenoxy) is 1. The Bertz CT molecular complexity index is 820. The summed E-state index contributed by atoms with van der Waals surface area (Å²) in [6.07, 6.45) is 2.36. The first-order valence-corrected chi connectivity index (χ1v) is 9.86. The van der Waals surface area contributed by atoms with Crippen molar-refractivity contribution in [1.82, 2.24) is 0 Å². The molecule has 0 radical (unpaired) electrons. The summed E-state index contributed by atoms with van der Waals surface area (Å²) >= 11 is 1.50. The van der Waals surface area contributed by atoms with Gasteiger partial charge in [-0.05, 0) is 68.7 Å². The van der Waals surface area contributed by atoms with E-state index in [1.165, 1.54) is 21.8 Å². The molecule has 0 fully saturated rings. The standard InChI is InChI=1S/C21H25NO3S/c1-12-8-9-17-16(10-12)11-18(26-17)21(24)25-15(4)20(23)22-19-13(2)6-5-7-14(19)3/h5-7,11-12,15H,8-10H2,1-4H3,(H,22,23)/t12-,15-/m0/s1. The molecule has 0 bridgehead atoms. The van der Waals surface area contributed by atoms with Crippen molar-refractivity contribution in [3.63, 3.8) is 0 Å². The zero-order valence-electron chi connectivity index (χ0n) is 15.7. The van der Waals surface area contributed by atoms with E-state index in [0.29, 0.717) is 10.8 Å². The molecule has 1 heterocycles. The van der Waals surface area contributed by atoms with Crippen LogP contribution < -0.4 is 5.32 Å². The van der Waals surface area contributed by atoms with Crippen LogP contribution in [0.25, 0.3) is 0 Å².